The van der Waals surface area contributed by atoms with Gasteiger partial charge in [0.05, 0.1) is 11.6 Å². The van der Waals surface area contributed by atoms with E-state index < -0.39 is 0 Å². The number of hydrogen-bond donors (Lipinski definition) is 0. The van der Waals surface area contributed by atoms with Gasteiger partial charge in [-0.15, -0.1) is 5.92 Å². The van der Waals surface area contributed by atoms with Gasteiger partial charge >= 0.3 is 0 Å². The average Bonchev–Trinajstić information content (AvgIpc) is 2.05. The molecule has 0 aliphatic heterocycles. The first kappa shape index (κ1) is 9.15. The Balaban J connectivity index is 3.07. The molecule has 0 bridgehead atoms. The van der Waals surface area contributed by atoms with Crippen molar-refractivity contribution in [2.24, 2.45) is 0 Å². The molecule has 1 aromatic rings. The molecule has 0 saturated carbocycles. The lowest BCUT2D eigenvalue weighted by atomic mass is 10.2. The molecule has 1 nitrogen and oxygen atoms in total. The Morgan fingerprint density at radius 3 is 2.67 bits per heavy atom. The summed E-state index contributed by atoms with van der Waals surface area (Å²) in [6.07, 6.45) is 0. The molecule has 0 aromatic heterocycles. The van der Waals surface area contributed by atoms with Crippen molar-refractivity contribution >= 4 is 15.9 Å². The minimum absolute atomic E-state index is 0.830. The van der Waals surface area contributed by atoms with Gasteiger partial charge in [0, 0.05) is 5.56 Å². The third kappa shape index (κ3) is 2.02. The fourth-order valence-corrected chi connectivity index (χ4v) is 1.43. The monoisotopic (exact) mass is 224 g/mol. The Morgan fingerprint density at radius 2 is 2.17 bits per heavy atom. The lowest BCUT2D eigenvalue weighted by molar-refractivity contribution is 0.412. The molecule has 0 atom stereocenters. The van der Waals surface area contributed by atoms with Crippen molar-refractivity contribution in [1.82, 2.24) is 0 Å². The molecule has 0 saturated heterocycles. The number of hydrogen-bond acceptors (Lipinski definition) is 1. The fourth-order valence-electron chi connectivity index (χ4n) is 0.888. The van der Waals surface area contributed by atoms with E-state index >= 15 is 0 Å². The topological polar surface area (TPSA) is 9.23 Å². The number of benzene rings is 1. The molecule has 0 N–H and O–H groups in total. The minimum atomic E-state index is 0.830. The Kier molecular flexibility index (Phi) is 3.19. The highest BCUT2D eigenvalue weighted by molar-refractivity contribution is 9.10. The van der Waals surface area contributed by atoms with Crippen molar-refractivity contribution in [2.75, 3.05) is 7.11 Å². The lowest BCUT2D eigenvalue weighted by Gasteiger charge is -2.01. The number of methoxy groups -OCH3 is 1. The molecule has 0 fully saturated rings. The third-order valence-electron chi connectivity index (χ3n) is 1.42. The van der Waals surface area contributed by atoms with Crippen LogP contribution in [0.25, 0.3) is 0 Å². The van der Waals surface area contributed by atoms with E-state index in [0.29, 0.717) is 0 Å². The quantitative estimate of drug-likeness (QED) is 0.667. The van der Waals surface area contributed by atoms with Gasteiger partial charge < -0.3 is 4.74 Å². The van der Waals surface area contributed by atoms with Gasteiger partial charge in [0.1, 0.15) is 5.75 Å². The standard InChI is InChI=1S/C10H9BrO/c1-3-4-8-5-6-10(12-2)9(11)7-8/h5-7H,1-2H3. The second-order valence-electron chi connectivity index (χ2n) is 2.22. The van der Waals surface area contributed by atoms with E-state index in [1.54, 1.807) is 7.11 Å². The van der Waals surface area contributed by atoms with E-state index in [1.807, 2.05) is 25.1 Å². The van der Waals surface area contributed by atoms with Crippen LogP contribution in [0.2, 0.25) is 0 Å². The van der Waals surface area contributed by atoms with Gasteiger partial charge in [0.2, 0.25) is 0 Å². The summed E-state index contributed by atoms with van der Waals surface area (Å²) in [7, 11) is 1.64. The predicted molar refractivity (Wildman–Crippen MR) is 53.2 cm³/mol. The molecule has 0 spiro atoms. The Bertz CT molecular complexity index is 333. The van der Waals surface area contributed by atoms with E-state index in [1.165, 1.54) is 0 Å². The zero-order valence-corrected chi connectivity index (χ0v) is 8.60. The lowest BCUT2D eigenvalue weighted by Crippen LogP contribution is -1.84. The molecular formula is C10H9BrO. The highest BCUT2D eigenvalue weighted by atomic mass is 79.9. The van der Waals surface area contributed by atoms with Crippen molar-refractivity contribution in [1.29, 1.82) is 0 Å². The predicted octanol–water partition coefficient (Wildman–Crippen LogP) is 2.83. The zero-order chi connectivity index (χ0) is 8.97. The first-order chi connectivity index (χ1) is 5.77. The average molecular weight is 225 g/mol. The highest BCUT2D eigenvalue weighted by Gasteiger charge is 1.98. The van der Waals surface area contributed by atoms with Crippen molar-refractivity contribution in [3.05, 3.63) is 28.2 Å². The number of ether oxygens (including phenoxy) is 1. The van der Waals surface area contributed by atoms with Crippen LogP contribution >= 0.6 is 15.9 Å². The van der Waals surface area contributed by atoms with E-state index in [4.69, 9.17) is 4.74 Å². The summed E-state index contributed by atoms with van der Waals surface area (Å²) < 4.78 is 6.02. The molecule has 12 heavy (non-hydrogen) atoms. The van der Waals surface area contributed by atoms with Gasteiger partial charge in [-0.25, -0.2) is 0 Å². The van der Waals surface area contributed by atoms with Crippen molar-refractivity contribution in [3.8, 4) is 17.6 Å². The number of halogens is 1. The Hall–Kier alpha value is -0.940. The van der Waals surface area contributed by atoms with Gasteiger partial charge in [-0.2, -0.15) is 0 Å². The summed E-state index contributed by atoms with van der Waals surface area (Å²) in [5.41, 5.74) is 0.991. The van der Waals surface area contributed by atoms with Crippen LogP contribution in [-0.4, -0.2) is 7.11 Å². The fraction of sp³-hybridized carbons (Fsp3) is 0.200. The maximum absolute atomic E-state index is 5.08. The van der Waals surface area contributed by atoms with Crippen LogP contribution < -0.4 is 4.74 Å². The van der Waals surface area contributed by atoms with Crippen molar-refractivity contribution < 1.29 is 4.74 Å². The van der Waals surface area contributed by atoms with Crippen LogP contribution in [-0.2, 0) is 0 Å². The molecule has 0 heterocycles. The summed E-state index contributed by atoms with van der Waals surface area (Å²) in [5.74, 6) is 6.63. The summed E-state index contributed by atoms with van der Waals surface area (Å²) in [4.78, 5) is 0. The summed E-state index contributed by atoms with van der Waals surface area (Å²) in [6.45, 7) is 1.82. The largest absolute Gasteiger partial charge is 0.496 e. The highest BCUT2D eigenvalue weighted by Crippen LogP contribution is 2.24. The van der Waals surface area contributed by atoms with E-state index in [0.717, 1.165) is 15.8 Å². The van der Waals surface area contributed by atoms with Gasteiger partial charge in [-0.1, -0.05) is 5.92 Å². The first-order valence-corrected chi connectivity index (χ1v) is 4.33. The molecule has 0 amide bonds. The van der Waals surface area contributed by atoms with Gasteiger partial charge in [-0.05, 0) is 41.1 Å². The third-order valence-corrected chi connectivity index (χ3v) is 2.04. The number of rotatable bonds is 1. The van der Waals surface area contributed by atoms with Crippen LogP contribution in [0.3, 0.4) is 0 Å². The van der Waals surface area contributed by atoms with Gasteiger partial charge in [-0.3, -0.25) is 0 Å². The second kappa shape index (κ2) is 4.18. The van der Waals surface area contributed by atoms with Gasteiger partial charge in [0.15, 0.2) is 0 Å². The van der Waals surface area contributed by atoms with E-state index in [2.05, 4.69) is 27.8 Å². The van der Waals surface area contributed by atoms with Crippen molar-refractivity contribution in [2.45, 2.75) is 6.92 Å². The molecule has 62 valence electrons. The summed E-state index contributed by atoms with van der Waals surface area (Å²) in [6, 6.07) is 5.76. The van der Waals surface area contributed by atoms with Gasteiger partial charge in [0.25, 0.3) is 0 Å². The van der Waals surface area contributed by atoms with Crippen LogP contribution in [0.15, 0.2) is 22.7 Å². The first-order valence-electron chi connectivity index (χ1n) is 3.54. The summed E-state index contributed by atoms with van der Waals surface area (Å²) in [5, 5.41) is 0. The van der Waals surface area contributed by atoms with E-state index in [9.17, 15) is 0 Å². The van der Waals surface area contributed by atoms with Crippen LogP contribution in [0.1, 0.15) is 12.5 Å². The second-order valence-corrected chi connectivity index (χ2v) is 3.08. The molecular weight excluding hydrogens is 216 g/mol. The van der Waals surface area contributed by atoms with Crippen LogP contribution in [0, 0.1) is 11.8 Å². The smallest absolute Gasteiger partial charge is 0.133 e. The van der Waals surface area contributed by atoms with Crippen LogP contribution in [0.4, 0.5) is 0 Å². The molecule has 2 heteroatoms. The molecule has 1 rings (SSSR count). The molecule has 0 radical (unpaired) electrons. The summed E-state index contributed by atoms with van der Waals surface area (Å²) >= 11 is 3.38. The van der Waals surface area contributed by atoms with E-state index in [-0.39, 0.29) is 0 Å². The molecule has 0 unspecified atom stereocenters. The Labute approximate surface area is 80.9 Å². The van der Waals surface area contributed by atoms with Crippen molar-refractivity contribution in [3.63, 3.8) is 0 Å². The Morgan fingerprint density at radius 1 is 1.42 bits per heavy atom. The SMILES string of the molecule is CC#Cc1ccc(OC)c(Br)c1. The molecule has 0 aliphatic rings. The zero-order valence-electron chi connectivity index (χ0n) is 7.02. The maximum Gasteiger partial charge on any atom is 0.133 e. The molecule has 1 aromatic carbocycles. The molecule has 0 aliphatic carbocycles. The van der Waals surface area contributed by atoms with Crippen LogP contribution in [0.5, 0.6) is 5.75 Å². The minimum Gasteiger partial charge on any atom is -0.496 e. The maximum atomic E-state index is 5.08. The normalized spacial score (nSPS) is 8.58.